The van der Waals surface area contributed by atoms with Gasteiger partial charge in [-0.15, -0.1) is 0 Å². The summed E-state index contributed by atoms with van der Waals surface area (Å²) >= 11 is 0. The fraction of sp³-hybridized carbons (Fsp3) is 0.906. The highest BCUT2D eigenvalue weighted by Crippen LogP contribution is 2.77. The van der Waals surface area contributed by atoms with Crippen LogP contribution in [-0.2, 0) is 14.3 Å². The minimum atomic E-state index is -1.69. The van der Waals surface area contributed by atoms with E-state index in [-0.39, 0.29) is 17.9 Å². The molecule has 41 heavy (non-hydrogen) atoms. The molecule has 7 rings (SSSR count). The highest BCUT2D eigenvalue weighted by atomic mass is 16.7. The van der Waals surface area contributed by atoms with Crippen LogP contribution in [0.2, 0.25) is 0 Å². The van der Waals surface area contributed by atoms with Crippen molar-refractivity contribution in [2.75, 3.05) is 13.1 Å². The summed E-state index contributed by atoms with van der Waals surface area (Å²) in [6, 6.07) is -0.101. The van der Waals surface area contributed by atoms with E-state index in [0.717, 1.165) is 19.4 Å². The number of hydrogen-bond acceptors (Lipinski definition) is 9. The summed E-state index contributed by atoms with van der Waals surface area (Å²) in [6.45, 7) is 11.1. The maximum atomic E-state index is 12.8. The average Bonchev–Trinajstić information content (AvgIpc) is 3.16. The van der Waals surface area contributed by atoms with Crippen LogP contribution >= 0.6 is 0 Å². The summed E-state index contributed by atoms with van der Waals surface area (Å²) in [5.74, 6) is -3.71. The molecule has 4 bridgehead atoms. The van der Waals surface area contributed by atoms with Crippen molar-refractivity contribution in [3.05, 3.63) is 11.6 Å². The van der Waals surface area contributed by atoms with Gasteiger partial charge in [0, 0.05) is 47.9 Å². The topological polar surface area (TPSA) is 140 Å². The lowest BCUT2D eigenvalue weighted by Gasteiger charge is -2.63. The van der Waals surface area contributed by atoms with E-state index in [1.807, 2.05) is 6.92 Å². The molecule has 15 unspecified atom stereocenters. The summed E-state index contributed by atoms with van der Waals surface area (Å²) < 4.78 is 12.7. The lowest BCUT2D eigenvalue weighted by atomic mass is 9.49. The van der Waals surface area contributed by atoms with E-state index in [1.165, 1.54) is 0 Å². The Morgan fingerprint density at radius 3 is 2.44 bits per heavy atom. The molecule has 0 aromatic carbocycles. The molecule has 7 aliphatic rings. The van der Waals surface area contributed by atoms with E-state index in [0.29, 0.717) is 50.1 Å². The molecule has 7 fully saturated rings. The van der Waals surface area contributed by atoms with Crippen LogP contribution in [0.3, 0.4) is 0 Å². The monoisotopic (exact) mass is 575 g/mol. The zero-order valence-electron chi connectivity index (χ0n) is 25.1. The number of ether oxygens (including phenoxy) is 2. The van der Waals surface area contributed by atoms with Crippen molar-refractivity contribution in [2.24, 2.45) is 40.9 Å². The van der Waals surface area contributed by atoms with Gasteiger partial charge >= 0.3 is 5.97 Å². The molecule has 0 radical (unpaired) electrons. The van der Waals surface area contributed by atoms with E-state index < -0.39 is 70.0 Å². The van der Waals surface area contributed by atoms with Gasteiger partial charge in [-0.25, -0.2) is 4.79 Å². The largest absolute Gasteiger partial charge is 0.453 e. The van der Waals surface area contributed by atoms with Gasteiger partial charge in [0.25, 0.3) is 0 Å². The van der Waals surface area contributed by atoms with Gasteiger partial charge in [0.05, 0.1) is 17.3 Å². The molecular weight excluding hydrogens is 526 g/mol. The second-order valence-corrected chi connectivity index (χ2v) is 15.4. The Bertz CT molecular complexity index is 1160. The van der Waals surface area contributed by atoms with Crippen LogP contribution in [0.5, 0.6) is 0 Å². The number of nitrogens with zero attached hydrogens (tertiary/aromatic N) is 1. The highest BCUT2D eigenvalue weighted by Gasteiger charge is 2.85. The molecule has 3 saturated heterocycles. The van der Waals surface area contributed by atoms with Gasteiger partial charge in [-0.1, -0.05) is 19.9 Å². The second-order valence-electron chi connectivity index (χ2n) is 15.4. The van der Waals surface area contributed by atoms with E-state index in [1.54, 1.807) is 19.9 Å². The number of hydrogen-bond donors (Lipinski definition) is 5. The smallest absolute Gasteiger partial charge is 0.333 e. The molecule has 4 aliphatic carbocycles. The molecule has 9 nitrogen and oxygen atoms in total. The Balaban J connectivity index is 1.29. The molecular formula is C32H49NO8. The Labute approximate surface area is 242 Å². The number of esters is 1. The summed E-state index contributed by atoms with van der Waals surface area (Å²) in [7, 11) is 0. The van der Waals surface area contributed by atoms with Crippen LogP contribution < -0.4 is 0 Å². The molecule has 3 aliphatic heterocycles. The van der Waals surface area contributed by atoms with Gasteiger partial charge in [-0.2, -0.15) is 0 Å². The number of aliphatic hydroxyl groups is 5. The lowest BCUT2D eigenvalue weighted by molar-refractivity contribution is -0.292. The van der Waals surface area contributed by atoms with Crippen molar-refractivity contribution in [1.29, 1.82) is 0 Å². The second kappa shape index (κ2) is 8.77. The van der Waals surface area contributed by atoms with E-state index in [2.05, 4.69) is 18.7 Å². The van der Waals surface area contributed by atoms with Crippen molar-refractivity contribution < 1.29 is 39.8 Å². The molecule has 0 aromatic heterocycles. The van der Waals surface area contributed by atoms with Crippen LogP contribution in [-0.4, -0.2) is 96.4 Å². The number of fused-ring (bicyclic) bond motifs is 5. The van der Waals surface area contributed by atoms with E-state index in [4.69, 9.17) is 9.47 Å². The zero-order chi connectivity index (χ0) is 29.5. The van der Waals surface area contributed by atoms with Crippen LogP contribution in [0.25, 0.3) is 0 Å². The number of allylic oxidation sites excluding steroid dienone is 1. The number of aliphatic hydroxyl groups excluding tert-OH is 2. The summed E-state index contributed by atoms with van der Waals surface area (Å²) in [6.07, 6.45) is 2.61. The Hall–Kier alpha value is -1.07. The third kappa shape index (κ3) is 3.30. The minimum Gasteiger partial charge on any atom is -0.453 e. The first-order valence-electron chi connectivity index (χ1n) is 16.0. The predicted octanol–water partition coefficient (Wildman–Crippen LogP) is 1.73. The number of carbonyl (C=O) groups excluding carboxylic acids is 1. The quantitative estimate of drug-likeness (QED) is 0.246. The molecule has 3 heterocycles. The van der Waals surface area contributed by atoms with E-state index >= 15 is 0 Å². The first-order valence-corrected chi connectivity index (χ1v) is 16.0. The first kappa shape index (κ1) is 28.7. The molecule has 0 amide bonds. The van der Waals surface area contributed by atoms with Crippen LogP contribution in [0.1, 0.15) is 79.6 Å². The van der Waals surface area contributed by atoms with Crippen LogP contribution in [0, 0.1) is 40.9 Å². The third-order valence-electron chi connectivity index (χ3n) is 13.8. The number of piperidine rings is 2. The van der Waals surface area contributed by atoms with Crippen molar-refractivity contribution in [3.8, 4) is 0 Å². The maximum Gasteiger partial charge on any atom is 0.333 e. The summed E-state index contributed by atoms with van der Waals surface area (Å²) in [5.41, 5.74) is -3.83. The average molecular weight is 576 g/mol. The summed E-state index contributed by atoms with van der Waals surface area (Å²) in [5, 5.41) is 60.5. The van der Waals surface area contributed by atoms with Gasteiger partial charge in [0.15, 0.2) is 6.10 Å². The molecule has 5 N–H and O–H groups in total. The van der Waals surface area contributed by atoms with Gasteiger partial charge in [0.1, 0.15) is 11.7 Å². The number of rotatable bonds is 2. The van der Waals surface area contributed by atoms with Crippen LogP contribution in [0.15, 0.2) is 11.6 Å². The molecule has 230 valence electrons. The Morgan fingerprint density at radius 1 is 1.02 bits per heavy atom. The number of carbonyl (C=O) groups is 1. The molecule has 15 atom stereocenters. The molecule has 9 heteroatoms. The van der Waals surface area contributed by atoms with Crippen LogP contribution in [0.4, 0.5) is 0 Å². The van der Waals surface area contributed by atoms with Crippen molar-refractivity contribution in [2.45, 2.75) is 127 Å². The first-order chi connectivity index (χ1) is 19.2. The SMILES string of the molecule is CC=C(C)C(=O)OC1CCC2(C)C3CCC4C5(O)C(O)C(O)C6C(CN7CC(C)CCC7C6(C)O)C5CC42OC13O. The maximum absolute atomic E-state index is 12.8. The highest BCUT2D eigenvalue weighted by molar-refractivity contribution is 5.87. The Kier molecular flexibility index (Phi) is 6.13. The lowest BCUT2D eigenvalue weighted by Crippen LogP contribution is -2.76. The van der Waals surface area contributed by atoms with Crippen molar-refractivity contribution in [1.82, 2.24) is 4.90 Å². The van der Waals surface area contributed by atoms with Gasteiger partial charge in [0.2, 0.25) is 5.79 Å². The third-order valence-corrected chi connectivity index (χ3v) is 13.8. The van der Waals surface area contributed by atoms with Gasteiger partial charge in [-0.3, -0.25) is 4.90 Å². The molecule has 1 spiro atoms. The fourth-order valence-corrected chi connectivity index (χ4v) is 11.9. The molecule has 4 saturated carbocycles. The standard InChI is InChI=1S/C32H49NO8/c1-6-17(3)27(36)40-23-11-12-28(4)20-8-9-21-30(28,41-32(20,23)39)13-19-18-15-33-14-16(2)7-10-22(33)29(5,37)24(18)25(34)26(35)31(19,21)38/h6,16,18-26,34-35,37-39H,7-15H2,1-5H3. The van der Waals surface area contributed by atoms with Gasteiger partial charge in [-0.05, 0) is 83.5 Å². The normalized spacial score (nSPS) is 59.6. The van der Waals surface area contributed by atoms with Crippen molar-refractivity contribution in [3.63, 3.8) is 0 Å². The molecule has 0 aromatic rings. The van der Waals surface area contributed by atoms with E-state index in [9.17, 15) is 30.3 Å². The fourth-order valence-electron chi connectivity index (χ4n) is 11.9. The Morgan fingerprint density at radius 2 is 1.73 bits per heavy atom. The van der Waals surface area contributed by atoms with Crippen molar-refractivity contribution >= 4 is 5.97 Å². The summed E-state index contributed by atoms with van der Waals surface area (Å²) in [4.78, 5) is 15.1. The van der Waals surface area contributed by atoms with Gasteiger partial charge < -0.3 is 35.0 Å². The minimum absolute atomic E-state index is 0.101. The zero-order valence-corrected chi connectivity index (χ0v) is 25.1. The predicted molar refractivity (Wildman–Crippen MR) is 148 cm³/mol.